The smallest absolute Gasteiger partial charge is 0.221 e. The molecule has 124 valence electrons. The first-order valence-corrected chi connectivity index (χ1v) is 9.76. The third-order valence-corrected chi connectivity index (χ3v) is 6.19. The summed E-state index contributed by atoms with van der Waals surface area (Å²) in [7, 11) is -5.57. The van der Waals surface area contributed by atoms with E-state index < -0.39 is 26.0 Å². The molecule has 0 spiro atoms. The summed E-state index contributed by atoms with van der Waals surface area (Å²) in [6.07, 6.45) is -0.195. The summed E-state index contributed by atoms with van der Waals surface area (Å²) in [5.74, 6) is -1.03. The molecule has 1 aliphatic heterocycles. The molecule has 21 heavy (non-hydrogen) atoms. The first kappa shape index (κ1) is 18.3. The number of carbonyl (C=O) groups is 1. The molecule has 0 saturated carbocycles. The molecule has 0 unspecified atom stereocenters. The van der Waals surface area contributed by atoms with E-state index in [2.05, 4.69) is 10.0 Å². The molecule has 0 aliphatic carbocycles. The SMILES string of the molecule is CNS(=O)(=O)CCNC(=O)CCS(=O)(=O)N1CCOCC1. The van der Waals surface area contributed by atoms with Crippen molar-refractivity contribution in [2.45, 2.75) is 6.42 Å². The first-order chi connectivity index (χ1) is 9.77. The molecule has 11 heteroatoms. The molecular weight excluding hydrogens is 322 g/mol. The Balaban J connectivity index is 2.32. The zero-order chi connectivity index (χ0) is 15.9. The Morgan fingerprint density at radius 1 is 1.14 bits per heavy atom. The Bertz CT molecular complexity index is 539. The van der Waals surface area contributed by atoms with Crippen LogP contribution in [0.3, 0.4) is 0 Å². The molecular formula is C10H21N3O6S2. The van der Waals surface area contributed by atoms with Gasteiger partial charge in [0.15, 0.2) is 0 Å². The summed E-state index contributed by atoms with van der Waals surface area (Å²) in [6.45, 7) is 1.24. The van der Waals surface area contributed by atoms with Crippen LogP contribution in [-0.4, -0.2) is 78.4 Å². The van der Waals surface area contributed by atoms with Crippen molar-refractivity contribution in [3.8, 4) is 0 Å². The highest BCUT2D eigenvalue weighted by atomic mass is 32.2. The fourth-order valence-corrected chi connectivity index (χ4v) is 3.67. The number of hydrogen-bond acceptors (Lipinski definition) is 6. The van der Waals surface area contributed by atoms with Gasteiger partial charge in [0.05, 0.1) is 24.7 Å². The lowest BCUT2D eigenvalue weighted by atomic mass is 10.4. The van der Waals surface area contributed by atoms with E-state index in [1.54, 1.807) is 0 Å². The Hall–Kier alpha value is -0.750. The van der Waals surface area contributed by atoms with Gasteiger partial charge in [-0.2, -0.15) is 4.31 Å². The summed E-state index contributed by atoms with van der Waals surface area (Å²) < 4.78 is 54.7. The predicted octanol–water partition coefficient (Wildman–Crippen LogP) is -2.30. The number of rotatable bonds is 8. The molecule has 9 nitrogen and oxygen atoms in total. The highest BCUT2D eigenvalue weighted by Gasteiger charge is 2.24. The number of nitrogens with zero attached hydrogens (tertiary/aromatic N) is 1. The minimum absolute atomic E-state index is 0.0559. The molecule has 1 rings (SSSR count). The van der Waals surface area contributed by atoms with Crippen molar-refractivity contribution in [2.24, 2.45) is 0 Å². The van der Waals surface area contributed by atoms with E-state index in [4.69, 9.17) is 4.74 Å². The molecule has 1 fully saturated rings. The maximum absolute atomic E-state index is 12.0. The number of nitrogens with one attached hydrogen (secondary N) is 2. The van der Waals surface area contributed by atoms with E-state index in [0.717, 1.165) is 0 Å². The van der Waals surface area contributed by atoms with Crippen molar-refractivity contribution < 1.29 is 26.4 Å². The number of morpholine rings is 1. The van der Waals surface area contributed by atoms with Gasteiger partial charge < -0.3 is 10.1 Å². The van der Waals surface area contributed by atoms with Gasteiger partial charge in [-0.25, -0.2) is 21.6 Å². The largest absolute Gasteiger partial charge is 0.379 e. The highest BCUT2D eigenvalue weighted by molar-refractivity contribution is 7.89. The Morgan fingerprint density at radius 2 is 1.76 bits per heavy atom. The Labute approximate surface area is 125 Å². The van der Waals surface area contributed by atoms with E-state index in [0.29, 0.717) is 26.3 Å². The van der Waals surface area contributed by atoms with Gasteiger partial charge in [0.2, 0.25) is 26.0 Å². The fourth-order valence-electron chi connectivity index (χ4n) is 1.69. The summed E-state index contributed by atoms with van der Waals surface area (Å²) in [5.41, 5.74) is 0. The summed E-state index contributed by atoms with van der Waals surface area (Å²) in [4.78, 5) is 11.5. The van der Waals surface area contributed by atoms with E-state index in [1.165, 1.54) is 11.4 Å². The van der Waals surface area contributed by atoms with Crippen molar-refractivity contribution in [1.29, 1.82) is 0 Å². The second kappa shape index (κ2) is 8.03. The van der Waals surface area contributed by atoms with E-state index in [-0.39, 0.29) is 24.5 Å². The van der Waals surface area contributed by atoms with Gasteiger partial charge in [-0.05, 0) is 7.05 Å². The number of hydrogen-bond donors (Lipinski definition) is 2. The fraction of sp³-hybridized carbons (Fsp3) is 0.900. The lowest BCUT2D eigenvalue weighted by molar-refractivity contribution is -0.120. The minimum atomic E-state index is -3.47. The number of ether oxygens (including phenoxy) is 1. The van der Waals surface area contributed by atoms with Crippen LogP contribution in [0.1, 0.15) is 6.42 Å². The van der Waals surface area contributed by atoms with Crippen LogP contribution in [0.2, 0.25) is 0 Å². The highest BCUT2D eigenvalue weighted by Crippen LogP contribution is 2.06. The third-order valence-electron chi connectivity index (χ3n) is 2.95. The van der Waals surface area contributed by atoms with Crippen molar-refractivity contribution >= 4 is 26.0 Å². The molecule has 0 radical (unpaired) electrons. The molecule has 0 bridgehead atoms. The summed E-state index contributed by atoms with van der Waals surface area (Å²) >= 11 is 0. The van der Waals surface area contributed by atoms with Gasteiger partial charge in [0, 0.05) is 26.1 Å². The first-order valence-electron chi connectivity index (χ1n) is 6.50. The zero-order valence-corrected chi connectivity index (χ0v) is 13.5. The normalized spacial score (nSPS) is 17.6. The van der Waals surface area contributed by atoms with Gasteiger partial charge in [-0.15, -0.1) is 0 Å². The maximum atomic E-state index is 12.0. The average Bonchev–Trinajstić information content (AvgIpc) is 2.46. The third kappa shape index (κ3) is 6.70. The van der Waals surface area contributed by atoms with Crippen LogP contribution in [0.25, 0.3) is 0 Å². The van der Waals surface area contributed by atoms with Crippen LogP contribution >= 0.6 is 0 Å². The lowest BCUT2D eigenvalue weighted by Crippen LogP contribution is -2.42. The van der Waals surface area contributed by atoms with Crippen molar-refractivity contribution in [3.05, 3.63) is 0 Å². The van der Waals surface area contributed by atoms with Crippen molar-refractivity contribution in [2.75, 3.05) is 51.4 Å². The van der Waals surface area contributed by atoms with Gasteiger partial charge >= 0.3 is 0 Å². The van der Waals surface area contributed by atoms with Crippen LogP contribution in [-0.2, 0) is 29.6 Å². The van der Waals surface area contributed by atoms with Crippen molar-refractivity contribution in [3.63, 3.8) is 0 Å². The quantitative estimate of drug-likeness (QED) is 0.511. The summed E-state index contributed by atoms with van der Waals surface area (Å²) in [5, 5.41) is 2.38. The number of carbonyl (C=O) groups excluding carboxylic acids is 1. The Kier molecular flexibility index (Phi) is 7.00. The zero-order valence-electron chi connectivity index (χ0n) is 11.9. The van der Waals surface area contributed by atoms with Crippen molar-refractivity contribution in [1.82, 2.24) is 14.3 Å². The molecule has 1 heterocycles. The second-order valence-corrected chi connectivity index (χ2v) is 8.58. The topological polar surface area (TPSA) is 122 Å². The lowest BCUT2D eigenvalue weighted by Gasteiger charge is -2.25. The molecule has 1 amide bonds. The van der Waals surface area contributed by atoms with Crippen LogP contribution in [0.5, 0.6) is 0 Å². The predicted molar refractivity (Wildman–Crippen MR) is 76.7 cm³/mol. The van der Waals surface area contributed by atoms with Gasteiger partial charge in [-0.1, -0.05) is 0 Å². The molecule has 1 saturated heterocycles. The average molecular weight is 343 g/mol. The second-order valence-electron chi connectivity index (χ2n) is 4.45. The van der Waals surface area contributed by atoms with Gasteiger partial charge in [-0.3, -0.25) is 4.79 Å². The molecule has 0 atom stereocenters. The summed E-state index contributed by atoms with van der Waals surface area (Å²) in [6, 6.07) is 0. The number of amides is 1. The molecule has 2 N–H and O–H groups in total. The van der Waals surface area contributed by atoms with Crippen LogP contribution in [0.15, 0.2) is 0 Å². The monoisotopic (exact) mass is 343 g/mol. The van der Waals surface area contributed by atoms with Crippen LogP contribution in [0.4, 0.5) is 0 Å². The molecule has 0 aromatic rings. The Morgan fingerprint density at radius 3 is 2.33 bits per heavy atom. The van der Waals surface area contributed by atoms with Gasteiger partial charge in [0.25, 0.3) is 0 Å². The molecule has 1 aliphatic rings. The standard InChI is InChI=1S/C10H21N3O6S2/c1-11-20(15,16)9-3-12-10(14)2-8-21(17,18)13-4-6-19-7-5-13/h11H,2-9H2,1H3,(H,12,14). The molecule has 0 aromatic carbocycles. The van der Waals surface area contributed by atoms with E-state index in [9.17, 15) is 21.6 Å². The minimum Gasteiger partial charge on any atom is -0.379 e. The van der Waals surface area contributed by atoms with E-state index in [1.807, 2.05) is 0 Å². The van der Waals surface area contributed by atoms with Gasteiger partial charge in [0.1, 0.15) is 0 Å². The maximum Gasteiger partial charge on any atom is 0.221 e. The van der Waals surface area contributed by atoms with Crippen LogP contribution in [0, 0.1) is 0 Å². The molecule has 0 aromatic heterocycles. The number of sulfonamides is 2. The van der Waals surface area contributed by atoms with E-state index >= 15 is 0 Å². The van der Waals surface area contributed by atoms with Crippen LogP contribution < -0.4 is 10.0 Å².